The molecule has 0 amide bonds. The fourth-order valence-electron chi connectivity index (χ4n) is 1.78. The normalized spacial score (nSPS) is 10.8. The van der Waals surface area contributed by atoms with Crippen LogP contribution in [0.1, 0.15) is 0 Å². The van der Waals surface area contributed by atoms with Crippen molar-refractivity contribution in [3.63, 3.8) is 0 Å². The van der Waals surface area contributed by atoms with Crippen molar-refractivity contribution in [2.75, 3.05) is 7.11 Å². The molecule has 0 fully saturated rings. The summed E-state index contributed by atoms with van der Waals surface area (Å²) in [4.78, 5) is 4.43. The second-order valence-corrected chi connectivity index (χ2v) is 4.30. The van der Waals surface area contributed by atoms with E-state index in [1.54, 1.807) is 7.11 Å². The first-order valence-corrected chi connectivity index (χ1v) is 5.84. The third kappa shape index (κ3) is 1.93. The molecule has 18 heavy (non-hydrogen) atoms. The van der Waals surface area contributed by atoms with Gasteiger partial charge in [-0.25, -0.2) is 4.98 Å². The van der Waals surface area contributed by atoms with Crippen LogP contribution in [-0.2, 0) is 0 Å². The number of halogens is 1. The summed E-state index contributed by atoms with van der Waals surface area (Å²) in [5, 5.41) is 0.660. The van der Waals surface area contributed by atoms with E-state index in [2.05, 4.69) is 4.98 Å². The number of hydrogen-bond donors (Lipinski definition) is 0. The van der Waals surface area contributed by atoms with Crippen molar-refractivity contribution in [2.24, 2.45) is 0 Å². The number of rotatable bonds is 2. The van der Waals surface area contributed by atoms with Crippen LogP contribution >= 0.6 is 11.6 Å². The average Bonchev–Trinajstić information content (AvgIpc) is 2.81. The van der Waals surface area contributed by atoms with Gasteiger partial charge in [-0.15, -0.1) is 0 Å². The number of hydrogen-bond acceptors (Lipinski definition) is 3. The molecule has 3 nitrogen and oxygen atoms in total. The van der Waals surface area contributed by atoms with Crippen molar-refractivity contribution in [1.82, 2.24) is 4.98 Å². The van der Waals surface area contributed by atoms with Crippen molar-refractivity contribution in [2.45, 2.75) is 0 Å². The Morgan fingerprint density at radius 3 is 2.83 bits per heavy atom. The largest absolute Gasteiger partial charge is 0.497 e. The van der Waals surface area contributed by atoms with E-state index in [9.17, 15) is 0 Å². The number of fused-ring (bicyclic) bond motifs is 1. The lowest BCUT2D eigenvalue weighted by Gasteiger charge is -1.95. The van der Waals surface area contributed by atoms with Gasteiger partial charge in [-0.05, 0) is 30.3 Å². The number of ether oxygens (including phenoxy) is 1. The van der Waals surface area contributed by atoms with E-state index in [1.165, 1.54) is 0 Å². The zero-order valence-corrected chi connectivity index (χ0v) is 10.4. The van der Waals surface area contributed by atoms with E-state index in [4.69, 9.17) is 20.8 Å². The summed E-state index contributed by atoms with van der Waals surface area (Å²) in [6.45, 7) is 0. The van der Waals surface area contributed by atoms with Gasteiger partial charge in [0.1, 0.15) is 11.3 Å². The standard InChI is InChI=1S/C14H10ClNO2/c1-17-11-5-6-13-12(8-11)16-14(18-13)9-3-2-4-10(15)7-9/h2-8H,1H3. The van der Waals surface area contributed by atoms with E-state index in [-0.39, 0.29) is 0 Å². The number of aromatic nitrogens is 1. The van der Waals surface area contributed by atoms with Gasteiger partial charge in [0, 0.05) is 16.7 Å². The Balaban J connectivity index is 2.13. The highest BCUT2D eigenvalue weighted by Gasteiger charge is 2.09. The molecule has 0 saturated carbocycles. The first-order chi connectivity index (χ1) is 8.76. The zero-order valence-electron chi connectivity index (χ0n) is 9.68. The van der Waals surface area contributed by atoms with Crippen LogP contribution < -0.4 is 4.74 Å². The van der Waals surface area contributed by atoms with E-state index >= 15 is 0 Å². The van der Waals surface area contributed by atoms with E-state index in [0.29, 0.717) is 10.9 Å². The number of benzene rings is 2. The molecule has 0 N–H and O–H groups in total. The summed E-state index contributed by atoms with van der Waals surface area (Å²) in [5.41, 5.74) is 2.35. The molecular weight excluding hydrogens is 250 g/mol. The van der Waals surface area contributed by atoms with Gasteiger partial charge in [0.15, 0.2) is 5.58 Å². The predicted molar refractivity (Wildman–Crippen MR) is 71.0 cm³/mol. The van der Waals surface area contributed by atoms with Gasteiger partial charge in [-0.1, -0.05) is 17.7 Å². The molecule has 0 atom stereocenters. The van der Waals surface area contributed by atoms with Crippen LogP contribution in [0.5, 0.6) is 5.75 Å². The van der Waals surface area contributed by atoms with Crippen LogP contribution in [-0.4, -0.2) is 12.1 Å². The Morgan fingerprint density at radius 2 is 2.06 bits per heavy atom. The molecule has 0 radical (unpaired) electrons. The monoisotopic (exact) mass is 259 g/mol. The number of nitrogens with zero attached hydrogens (tertiary/aromatic N) is 1. The van der Waals surface area contributed by atoms with Crippen LogP contribution in [0.25, 0.3) is 22.6 Å². The fraction of sp³-hybridized carbons (Fsp3) is 0.0714. The smallest absolute Gasteiger partial charge is 0.227 e. The minimum atomic E-state index is 0.556. The van der Waals surface area contributed by atoms with Gasteiger partial charge in [-0.2, -0.15) is 0 Å². The Bertz CT molecular complexity index is 706. The fourth-order valence-corrected chi connectivity index (χ4v) is 1.97. The lowest BCUT2D eigenvalue weighted by molar-refractivity contribution is 0.415. The molecule has 3 aromatic rings. The molecule has 0 unspecified atom stereocenters. The topological polar surface area (TPSA) is 35.3 Å². The van der Waals surface area contributed by atoms with E-state index in [1.807, 2.05) is 42.5 Å². The highest BCUT2D eigenvalue weighted by atomic mass is 35.5. The zero-order chi connectivity index (χ0) is 12.5. The quantitative estimate of drug-likeness (QED) is 0.693. The van der Waals surface area contributed by atoms with Crippen LogP contribution in [0.4, 0.5) is 0 Å². The Kier molecular flexibility index (Phi) is 2.68. The SMILES string of the molecule is COc1ccc2oc(-c3cccc(Cl)c3)nc2c1. The van der Waals surface area contributed by atoms with Crippen molar-refractivity contribution >= 4 is 22.7 Å². The molecule has 0 bridgehead atoms. The molecule has 90 valence electrons. The second-order valence-electron chi connectivity index (χ2n) is 3.86. The molecule has 0 aliphatic heterocycles. The Labute approximate surface area is 109 Å². The number of methoxy groups -OCH3 is 1. The molecule has 2 aromatic carbocycles. The maximum absolute atomic E-state index is 5.95. The van der Waals surface area contributed by atoms with Gasteiger partial charge in [0.05, 0.1) is 7.11 Å². The molecule has 1 heterocycles. The minimum absolute atomic E-state index is 0.556. The lowest BCUT2D eigenvalue weighted by atomic mass is 10.2. The minimum Gasteiger partial charge on any atom is -0.497 e. The number of oxazole rings is 1. The summed E-state index contributed by atoms with van der Waals surface area (Å²) in [5.74, 6) is 1.31. The summed E-state index contributed by atoms with van der Waals surface area (Å²) < 4.78 is 10.8. The first kappa shape index (κ1) is 11.1. The first-order valence-electron chi connectivity index (χ1n) is 5.47. The van der Waals surface area contributed by atoms with E-state index in [0.717, 1.165) is 22.4 Å². The lowest BCUT2D eigenvalue weighted by Crippen LogP contribution is -1.81. The maximum Gasteiger partial charge on any atom is 0.227 e. The predicted octanol–water partition coefficient (Wildman–Crippen LogP) is 4.16. The second kappa shape index (κ2) is 4.35. The van der Waals surface area contributed by atoms with Gasteiger partial charge < -0.3 is 9.15 Å². The molecule has 4 heteroatoms. The third-order valence-electron chi connectivity index (χ3n) is 2.67. The molecule has 0 spiro atoms. The van der Waals surface area contributed by atoms with Crippen molar-refractivity contribution in [3.8, 4) is 17.2 Å². The van der Waals surface area contributed by atoms with Gasteiger partial charge in [0.2, 0.25) is 5.89 Å². The highest BCUT2D eigenvalue weighted by molar-refractivity contribution is 6.30. The van der Waals surface area contributed by atoms with Crippen LogP contribution in [0, 0.1) is 0 Å². The molecule has 0 saturated heterocycles. The average molecular weight is 260 g/mol. The maximum atomic E-state index is 5.95. The molecular formula is C14H10ClNO2. The van der Waals surface area contributed by atoms with Crippen molar-refractivity contribution in [3.05, 3.63) is 47.5 Å². The highest BCUT2D eigenvalue weighted by Crippen LogP contribution is 2.28. The Hall–Kier alpha value is -2.00. The van der Waals surface area contributed by atoms with Gasteiger partial charge >= 0.3 is 0 Å². The Morgan fingerprint density at radius 1 is 1.17 bits per heavy atom. The van der Waals surface area contributed by atoms with Crippen molar-refractivity contribution in [1.29, 1.82) is 0 Å². The molecule has 0 aliphatic rings. The molecule has 3 rings (SSSR count). The van der Waals surface area contributed by atoms with E-state index < -0.39 is 0 Å². The third-order valence-corrected chi connectivity index (χ3v) is 2.90. The summed E-state index contributed by atoms with van der Waals surface area (Å²) in [6, 6.07) is 12.9. The van der Waals surface area contributed by atoms with Crippen LogP contribution in [0.15, 0.2) is 46.9 Å². The summed E-state index contributed by atoms with van der Waals surface area (Å²) >= 11 is 5.95. The van der Waals surface area contributed by atoms with Crippen LogP contribution in [0.3, 0.4) is 0 Å². The summed E-state index contributed by atoms with van der Waals surface area (Å²) in [7, 11) is 1.62. The van der Waals surface area contributed by atoms with Crippen LogP contribution in [0.2, 0.25) is 5.02 Å². The summed E-state index contributed by atoms with van der Waals surface area (Å²) in [6.07, 6.45) is 0. The van der Waals surface area contributed by atoms with Crippen molar-refractivity contribution < 1.29 is 9.15 Å². The van der Waals surface area contributed by atoms with Gasteiger partial charge in [0.25, 0.3) is 0 Å². The van der Waals surface area contributed by atoms with Gasteiger partial charge in [-0.3, -0.25) is 0 Å². The molecule has 1 aromatic heterocycles. The molecule has 0 aliphatic carbocycles.